The van der Waals surface area contributed by atoms with Gasteiger partial charge in [-0.05, 0) is 65.4 Å². The van der Waals surface area contributed by atoms with Crippen molar-refractivity contribution in [3.8, 4) is 0 Å². The second-order valence-electron chi connectivity index (χ2n) is 7.81. The SMILES string of the molecule is O=C(C1CC1)N1CCc2cc(S(=O)(=O)NCc3ccc4ccccc4c3)ccc21. The van der Waals surface area contributed by atoms with Crippen LogP contribution in [0.25, 0.3) is 10.8 Å². The molecule has 5 rings (SSSR count). The number of anilines is 1. The van der Waals surface area contributed by atoms with E-state index in [2.05, 4.69) is 4.72 Å². The largest absolute Gasteiger partial charge is 0.312 e. The number of nitrogens with zero attached hydrogens (tertiary/aromatic N) is 1. The number of nitrogens with one attached hydrogen (secondary N) is 1. The van der Waals surface area contributed by atoms with Crippen LogP contribution in [0, 0.1) is 5.92 Å². The molecule has 6 heteroatoms. The van der Waals surface area contributed by atoms with Gasteiger partial charge in [-0.2, -0.15) is 0 Å². The van der Waals surface area contributed by atoms with Crippen molar-refractivity contribution < 1.29 is 13.2 Å². The van der Waals surface area contributed by atoms with Gasteiger partial charge in [0, 0.05) is 24.7 Å². The maximum Gasteiger partial charge on any atom is 0.240 e. The molecule has 3 aromatic carbocycles. The van der Waals surface area contributed by atoms with E-state index < -0.39 is 10.0 Å². The first-order chi connectivity index (χ1) is 14.0. The standard InChI is InChI=1S/C23H22N2O3S/c26-23(18-7-8-18)25-12-11-20-14-21(9-10-22(20)25)29(27,28)24-15-16-5-6-17-3-1-2-4-19(17)13-16/h1-6,9-10,13-14,18,24H,7-8,11-12,15H2. The van der Waals surface area contributed by atoms with Crippen molar-refractivity contribution in [1.82, 2.24) is 4.72 Å². The van der Waals surface area contributed by atoms with Crippen molar-refractivity contribution in [2.24, 2.45) is 5.92 Å². The van der Waals surface area contributed by atoms with E-state index in [0.29, 0.717) is 13.0 Å². The smallest absolute Gasteiger partial charge is 0.240 e. The number of hydrogen-bond donors (Lipinski definition) is 1. The van der Waals surface area contributed by atoms with Crippen LogP contribution in [0.5, 0.6) is 0 Å². The summed E-state index contributed by atoms with van der Waals surface area (Å²) in [5.74, 6) is 0.335. The van der Waals surface area contributed by atoms with Gasteiger partial charge in [0.2, 0.25) is 15.9 Å². The molecule has 5 nitrogen and oxygen atoms in total. The second-order valence-corrected chi connectivity index (χ2v) is 9.58. The summed E-state index contributed by atoms with van der Waals surface area (Å²) in [7, 11) is -3.63. The monoisotopic (exact) mass is 406 g/mol. The normalized spacial score (nSPS) is 16.2. The van der Waals surface area contributed by atoms with E-state index in [0.717, 1.165) is 40.4 Å². The Morgan fingerprint density at radius 2 is 1.79 bits per heavy atom. The molecule has 1 heterocycles. The highest BCUT2D eigenvalue weighted by Crippen LogP contribution is 2.37. The van der Waals surface area contributed by atoms with E-state index in [1.807, 2.05) is 47.4 Å². The van der Waals surface area contributed by atoms with Gasteiger partial charge in [0.25, 0.3) is 0 Å². The summed E-state index contributed by atoms with van der Waals surface area (Å²) in [6.45, 7) is 0.870. The van der Waals surface area contributed by atoms with Gasteiger partial charge < -0.3 is 4.90 Å². The lowest BCUT2D eigenvalue weighted by Crippen LogP contribution is -2.30. The molecule has 0 unspecified atom stereocenters. The number of amides is 1. The second kappa shape index (κ2) is 6.97. The summed E-state index contributed by atoms with van der Waals surface area (Å²) in [6.07, 6.45) is 2.63. The molecule has 1 saturated carbocycles. The fourth-order valence-corrected chi connectivity index (χ4v) is 5.00. The third-order valence-corrected chi connectivity index (χ3v) is 7.13. The Morgan fingerprint density at radius 3 is 2.59 bits per heavy atom. The predicted octanol–water partition coefficient (Wildman–Crippen LogP) is 3.62. The molecule has 0 bridgehead atoms. The van der Waals surface area contributed by atoms with Gasteiger partial charge in [0.05, 0.1) is 4.90 Å². The fourth-order valence-electron chi connectivity index (χ4n) is 3.94. The number of fused-ring (bicyclic) bond motifs is 2. The lowest BCUT2D eigenvalue weighted by Gasteiger charge is -2.17. The highest BCUT2D eigenvalue weighted by atomic mass is 32.2. The van der Waals surface area contributed by atoms with E-state index in [9.17, 15) is 13.2 Å². The summed E-state index contributed by atoms with van der Waals surface area (Å²) in [5, 5.41) is 2.21. The maximum absolute atomic E-state index is 12.8. The van der Waals surface area contributed by atoms with Crippen LogP contribution in [0.4, 0.5) is 5.69 Å². The summed E-state index contributed by atoms with van der Waals surface area (Å²) in [4.78, 5) is 14.5. The molecule has 29 heavy (non-hydrogen) atoms. The first-order valence-electron chi connectivity index (χ1n) is 9.93. The van der Waals surface area contributed by atoms with Crippen LogP contribution >= 0.6 is 0 Å². The van der Waals surface area contributed by atoms with Crippen LogP contribution in [0.1, 0.15) is 24.0 Å². The number of sulfonamides is 1. The van der Waals surface area contributed by atoms with Crippen LogP contribution in [-0.4, -0.2) is 20.9 Å². The first-order valence-corrected chi connectivity index (χ1v) is 11.4. The lowest BCUT2D eigenvalue weighted by molar-refractivity contribution is -0.119. The quantitative estimate of drug-likeness (QED) is 0.704. The average Bonchev–Trinajstić information content (AvgIpc) is 3.50. The Hall–Kier alpha value is -2.70. The van der Waals surface area contributed by atoms with Crippen LogP contribution < -0.4 is 9.62 Å². The van der Waals surface area contributed by atoms with Gasteiger partial charge in [0.1, 0.15) is 0 Å². The van der Waals surface area contributed by atoms with E-state index in [1.165, 1.54) is 0 Å². The van der Waals surface area contributed by atoms with Crippen molar-refractivity contribution in [1.29, 1.82) is 0 Å². The highest BCUT2D eigenvalue weighted by molar-refractivity contribution is 7.89. The topological polar surface area (TPSA) is 66.5 Å². The van der Waals surface area contributed by atoms with Crippen LogP contribution in [-0.2, 0) is 27.8 Å². The van der Waals surface area contributed by atoms with Crippen LogP contribution in [0.15, 0.2) is 65.6 Å². The van der Waals surface area contributed by atoms with Gasteiger partial charge in [-0.15, -0.1) is 0 Å². The zero-order valence-corrected chi connectivity index (χ0v) is 16.8. The van der Waals surface area contributed by atoms with E-state index in [-0.39, 0.29) is 23.3 Å². The molecule has 1 aliphatic carbocycles. The van der Waals surface area contributed by atoms with Crippen molar-refractivity contribution in [3.63, 3.8) is 0 Å². The lowest BCUT2D eigenvalue weighted by atomic mass is 10.1. The molecule has 1 aliphatic heterocycles. The molecule has 0 radical (unpaired) electrons. The van der Waals surface area contributed by atoms with Crippen LogP contribution in [0.2, 0.25) is 0 Å². The van der Waals surface area contributed by atoms with E-state index in [4.69, 9.17) is 0 Å². The van der Waals surface area contributed by atoms with Gasteiger partial charge in [-0.1, -0.05) is 36.4 Å². The van der Waals surface area contributed by atoms with Crippen molar-refractivity contribution in [2.75, 3.05) is 11.4 Å². The minimum Gasteiger partial charge on any atom is -0.312 e. The molecule has 1 amide bonds. The number of hydrogen-bond acceptors (Lipinski definition) is 3. The molecular weight excluding hydrogens is 384 g/mol. The summed E-state index contributed by atoms with van der Waals surface area (Å²) >= 11 is 0. The van der Waals surface area contributed by atoms with Gasteiger partial charge in [-0.3, -0.25) is 4.79 Å². The molecule has 1 fully saturated rings. The highest BCUT2D eigenvalue weighted by Gasteiger charge is 2.36. The Balaban J connectivity index is 1.34. The molecule has 0 atom stereocenters. The summed E-state index contributed by atoms with van der Waals surface area (Å²) in [6, 6.07) is 19.0. The Labute approximate surface area is 170 Å². The van der Waals surface area contributed by atoms with E-state index >= 15 is 0 Å². The van der Waals surface area contributed by atoms with Crippen molar-refractivity contribution in [2.45, 2.75) is 30.7 Å². The predicted molar refractivity (Wildman–Crippen MR) is 113 cm³/mol. The summed E-state index contributed by atoms with van der Waals surface area (Å²) in [5.41, 5.74) is 2.69. The molecule has 148 valence electrons. The number of benzene rings is 3. The van der Waals surface area contributed by atoms with Crippen LogP contribution in [0.3, 0.4) is 0 Å². The molecular formula is C23H22N2O3S. The molecule has 0 saturated heterocycles. The first kappa shape index (κ1) is 18.3. The number of carbonyl (C=O) groups is 1. The third-order valence-electron chi connectivity index (χ3n) is 5.73. The molecule has 1 N–H and O–H groups in total. The van der Waals surface area contributed by atoms with Crippen molar-refractivity contribution >= 4 is 32.4 Å². The molecule has 2 aliphatic rings. The Bertz CT molecular complexity index is 1220. The fraction of sp³-hybridized carbons (Fsp3) is 0.261. The van der Waals surface area contributed by atoms with Crippen molar-refractivity contribution in [3.05, 3.63) is 71.8 Å². The Kier molecular flexibility index (Phi) is 4.41. The average molecular weight is 407 g/mol. The molecule has 3 aromatic rings. The van der Waals surface area contributed by atoms with E-state index in [1.54, 1.807) is 18.2 Å². The molecule has 0 aromatic heterocycles. The molecule has 0 spiro atoms. The Morgan fingerprint density at radius 1 is 1.00 bits per heavy atom. The summed E-state index contributed by atoms with van der Waals surface area (Å²) < 4.78 is 28.3. The zero-order chi connectivity index (χ0) is 20.0. The van der Waals surface area contributed by atoms with Gasteiger partial charge >= 0.3 is 0 Å². The van der Waals surface area contributed by atoms with Gasteiger partial charge in [0.15, 0.2) is 0 Å². The zero-order valence-electron chi connectivity index (χ0n) is 16.0. The third kappa shape index (κ3) is 3.54. The van der Waals surface area contributed by atoms with Gasteiger partial charge in [-0.25, -0.2) is 13.1 Å². The minimum absolute atomic E-state index is 0.160. The minimum atomic E-state index is -3.63. The maximum atomic E-state index is 12.8. The number of carbonyl (C=O) groups excluding carboxylic acids is 1. The number of rotatable bonds is 5.